The van der Waals surface area contributed by atoms with Gasteiger partial charge in [0.15, 0.2) is 0 Å². The van der Waals surface area contributed by atoms with E-state index in [9.17, 15) is 4.39 Å². The molecule has 0 aromatic carbocycles. The largest absolute Gasteiger partial charge is 0.317 e. The summed E-state index contributed by atoms with van der Waals surface area (Å²) in [5.41, 5.74) is 0.768. The number of hydrogen-bond acceptors (Lipinski definition) is 3. The van der Waals surface area contributed by atoms with Gasteiger partial charge in [0.2, 0.25) is 0 Å². The highest BCUT2D eigenvalue weighted by Crippen LogP contribution is 2.29. The lowest BCUT2D eigenvalue weighted by Gasteiger charge is -2.21. The Balaban J connectivity index is 1.99. The van der Waals surface area contributed by atoms with Crippen LogP contribution in [-0.4, -0.2) is 23.7 Å². The quantitative estimate of drug-likeness (QED) is 0.816. The van der Waals surface area contributed by atoms with E-state index in [-0.39, 0.29) is 0 Å². The Morgan fingerprint density at radius 3 is 3.21 bits per heavy atom. The molecule has 1 aromatic rings. The average molecular weight is 214 g/mol. The molecule has 0 saturated carbocycles. The lowest BCUT2D eigenvalue weighted by molar-refractivity contribution is 0.145. The van der Waals surface area contributed by atoms with Crippen molar-refractivity contribution in [3.8, 4) is 0 Å². The number of thiazole rings is 1. The molecule has 1 aromatic heterocycles. The highest BCUT2D eigenvalue weighted by Gasteiger charge is 2.30. The zero-order chi connectivity index (χ0) is 9.86. The zero-order valence-electron chi connectivity index (χ0n) is 8.13. The van der Waals surface area contributed by atoms with Crippen LogP contribution < -0.4 is 5.32 Å². The summed E-state index contributed by atoms with van der Waals surface area (Å²) in [5, 5.41) is 3.23. The van der Waals surface area contributed by atoms with Crippen molar-refractivity contribution in [2.45, 2.75) is 31.4 Å². The minimum Gasteiger partial charge on any atom is -0.317 e. The molecule has 78 valence electrons. The Kier molecular flexibility index (Phi) is 3.13. The molecule has 2 nitrogen and oxygen atoms in total. The summed E-state index contributed by atoms with van der Waals surface area (Å²) in [6, 6.07) is 0. The first kappa shape index (κ1) is 10.1. The molecule has 1 saturated heterocycles. The summed E-state index contributed by atoms with van der Waals surface area (Å²) < 4.78 is 14.3. The smallest absolute Gasteiger partial charge is 0.117 e. The number of hydrogen-bond donors (Lipinski definition) is 1. The number of nitrogens with one attached hydrogen (secondary N) is 1. The highest BCUT2D eigenvalue weighted by atomic mass is 32.1. The van der Waals surface area contributed by atoms with E-state index in [4.69, 9.17) is 0 Å². The van der Waals surface area contributed by atoms with Crippen molar-refractivity contribution < 1.29 is 4.39 Å². The fourth-order valence-electron chi connectivity index (χ4n) is 1.91. The van der Waals surface area contributed by atoms with E-state index in [1.807, 2.05) is 0 Å². The van der Waals surface area contributed by atoms with Crippen LogP contribution in [0.25, 0.3) is 0 Å². The summed E-state index contributed by atoms with van der Waals surface area (Å²) in [4.78, 5) is 5.04. The lowest BCUT2D eigenvalue weighted by Crippen LogP contribution is -2.27. The first-order valence-electron chi connectivity index (χ1n) is 5.06. The molecule has 1 unspecified atom stereocenters. The second kappa shape index (κ2) is 4.36. The van der Waals surface area contributed by atoms with Crippen LogP contribution in [0.4, 0.5) is 4.39 Å². The average Bonchev–Trinajstić information content (AvgIpc) is 2.55. The number of halogens is 1. The van der Waals surface area contributed by atoms with Crippen LogP contribution in [0.2, 0.25) is 0 Å². The van der Waals surface area contributed by atoms with Crippen molar-refractivity contribution in [2.75, 3.05) is 13.1 Å². The molecule has 0 spiro atoms. The van der Waals surface area contributed by atoms with E-state index in [1.54, 1.807) is 23.0 Å². The van der Waals surface area contributed by atoms with E-state index < -0.39 is 5.67 Å². The van der Waals surface area contributed by atoms with E-state index in [0.29, 0.717) is 19.3 Å². The summed E-state index contributed by atoms with van der Waals surface area (Å²) in [6.45, 7) is 1.75. The maximum absolute atomic E-state index is 14.3. The second-order valence-electron chi connectivity index (χ2n) is 3.90. The molecule has 0 bridgehead atoms. The van der Waals surface area contributed by atoms with Gasteiger partial charge in [-0.05, 0) is 32.4 Å². The first-order valence-corrected chi connectivity index (χ1v) is 5.93. The van der Waals surface area contributed by atoms with Crippen LogP contribution in [0.1, 0.15) is 24.1 Å². The summed E-state index contributed by atoms with van der Waals surface area (Å²) >= 11 is 1.55. The van der Waals surface area contributed by atoms with Gasteiger partial charge in [-0.2, -0.15) is 0 Å². The second-order valence-corrected chi connectivity index (χ2v) is 4.87. The molecule has 14 heavy (non-hydrogen) atoms. The van der Waals surface area contributed by atoms with Gasteiger partial charge in [0.25, 0.3) is 0 Å². The first-order chi connectivity index (χ1) is 6.79. The molecule has 0 radical (unpaired) electrons. The monoisotopic (exact) mass is 214 g/mol. The Bertz CT molecular complexity index is 266. The van der Waals surface area contributed by atoms with Gasteiger partial charge >= 0.3 is 0 Å². The minimum atomic E-state index is -1.00. The number of aromatic nitrogens is 1. The molecule has 1 aliphatic rings. The van der Waals surface area contributed by atoms with Crippen LogP contribution in [0.3, 0.4) is 0 Å². The van der Waals surface area contributed by atoms with Crippen molar-refractivity contribution in [2.24, 2.45) is 0 Å². The summed E-state index contributed by atoms with van der Waals surface area (Å²) in [6.07, 6.45) is 4.57. The van der Waals surface area contributed by atoms with Crippen molar-refractivity contribution in [3.05, 3.63) is 16.6 Å². The van der Waals surface area contributed by atoms with Crippen molar-refractivity contribution in [1.29, 1.82) is 0 Å². The van der Waals surface area contributed by atoms with E-state index in [2.05, 4.69) is 10.3 Å². The molecule has 1 N–H and O–H groups in total. The van der Waals surface area contributed by atoms with Crippen LogP contribution >= 0.6 is 11.3 Å². The molecule has 4 heteroatoms. The van der Waals surface area contributed by atoms with E-state index in [1.165, 1.54) is 0 Å². The lowest BCUT2D eigenvalue weighted by atomic mass is 9.93. The van der Waals surface area contributed by atoms with Crippen molar-refractivity contribution >= 4 is 11.3 Å². The minimum absolute atomic E-state index is 0.541. The van der Waals surface area contributed by atoms with Crippen LogP contribution in [0.5, 0.6) is 0 Å². The molecule has 0 amide bonds. The Morgan fingerprint density at radius 1 is 1.50 bits per heavy atom. The van der Waals surface area contributed by atoms with Gasteiger partial charge in [0, 0.05) is 17.5 Å². The van der Waals surface area contributed by atoms with Gasteiger partial charge in [0.05, 0.1) is 5.51 Å². The Morgan fingerprint density at radius 2 is 2.43 bits per heavy atom. The van der Waals surface area contributed by atoms with Gasteiger partial charge in [0.1, 0.15) is 5.67 Å². The highest BCUT2D eigenvalue weighted by molar-refractivity contribution is 7.09. The van der Waals surface area contributed by atoms with E-state index in [0.717, 1.165) is 24.4 Å². The number of alkyl halides is 1. The fourth-order valence-corrected chi connectivity index (χ4v) is 2.63. The standard InChI is InChI=1S/C10H15FN2S/c11-10(2-1-4-12-5-3-10)6-9-7-13-8-14-9/h7-8,12H,1-6H2. The molecule has 1 aliphatic heterocycles. The Labute approximate surface area is 87.6 Å². The van der Waals surface area contributed by atoms with Gasteiger partial charge in [-0.3, -0.25) is 4.98 Å². The molecule has 2 rings (SSSR count). The SMILES string of the molecule is FC1(Cc2cncs2)CCCNCC1. The van der Waals surface area contributed by atoms with E-state index >= 15 is 0 Å². The third-order valence-corrected chi connectivity index (χ3v) is 3.48. The molecule has 1 fully saturated rings. The zero-order valence-corrected chi connectivity index (χ0v) is 8.95. The maximum atomic E-state index is 14.3. The number of nitrogens with zero attached hydrogens (tertiary/aromatic N) is 1. The topological polar surface area (TPSA) is 24.9 Å². The van der Waals surface area contributed by atoms with Crippen LogP contribution in [0.15, 0.2) is 11.7 Å². The van der Waals surface area contributed by atoms with Crippen molar-refractivity contribution in [1.82, 2.24) is 10.3 Å². The predicted molar refractivity (Wildman–Crippen MR) is 56.4 cm³/mol. The van der Waals surface area contributed by atoms with Gasteiger partial charge in [-0.25, -0.2) is 4.39 Å². The fraction of sp³-hybridized carbons (Fsp3) is 0.700. The van der Waals surface area contributed by atoms with Crippen LogP contribution in [0, 0.1) is 0 Å². The van der Waals surface area contributed by atoms with Gasteiger partial charge in [-0.15, -0.1) is 11.3 Å². The Hall–Kier alpha value is -0.480. The summed E-state index contributed by atoms with van der Waals surface area (Å²) in [7, 11) is 0. The predicted octanol–water partition coefficient (Wildman–Crippen LogP) is 2.17. The van der Waals surface area contributed by atoms with Gasteiger partial charge < -0.3 is 5.32 Å². The molecule has 1 atom stereocenters. The van der Waals surface area contributed by atoms with Crippen molar-refractivity contribution in [3.63, 3.8) is 0 Å². The maximum Gasteiger partial charge on any atom is 0.117 e. The third-order valence-electron chi connectivity index (χ3n) is 2.70. The summed E-state index contributed by atoms with van der Waals surface area (Å²) in [5.74, 6) is 0. The third kappa shape index (κ3) is 2.51. The normalized spacial score (nSPS) is 28.6. The molecule has 0 aliphatic carbocycles. The molecular formula is C10H15FN2S. The molecule has 2 heterocycles. The molecular weight excluding hydrogens is 199 g/mol. The van der Waals surface area contributed by atoms with Gasteiger partial charge in [-0.1, -0.05) is 0 Å². The van der Waals surface area contributed by atoms with Crippen LogP contribution in [-0.2, 0) is 6.42 Å². The number of rotatable bonds is 2.